The minimum absolute atomic E-state index is 0.169. The van der Waals surface area contributed by atoms with Crippen molar-refractivity contribution in [1.29, 1.82) is 0 Å². The number of fused-ring (bicyclic) bond motifs is 3. The van der Waals surface area contributed by atoms with E-state index < -0.39 is 0 Å². The lowest BCUT2D eigenvalue weighted by molar-refractivity contribution is 0.194. The molecule has 5 rings (SSSR count). The van der Waals surface area contributed by atoms with Gasteiger partial charge < -0.3 is 19.5 Å². The topological polar surface area (TPSA) is 46.5 Å². The number of ether oxygens (including phenoxy) is 1. The Morgan fingerprint density at radius 3 is 2.55 bits per heavy atom. The predicted molar refractivity (Wildman–Crippen MR) is 131 cm³/mol. The molecule has 166 valence electrons. The van der Waals surface area contributed by atoms with E-state index in [4.69, 9.17) is 4.74 Å². The van der Waals surface area contributed by atoms with Gasteiger partial charge in [-0.25, -0.2) is 4.79 Å². The van der Waals surface area contributed by atoms with E-state index in [0.717, 1.165) is 22.5 Å². The third kappa shape index (κ3) is 3.98. The maximum absolute atomic E-state index is 13.8. The van der Waals surface area contributed by atoms with Crippen molar-refractivity contribution in [1.82, 2.24) is 9.47 Å². The molecule has 0 saturated carbocycles. The normalized spacial score (nSPS) is 14.7. The summed E-state index contributed by atoms with van der Waals surface area (Å²) in [7, 11) is 0. The molecule has 0 fully saturated rings. The number of para-hydroxylation sites is 3. The van der Waals surface area contributed by atoms with Crippen LogP contribution >= 0.6 is 0 Å². The molecule has 4 aromatic rings. The van der Waals surface area contributed by atoms with Crippen LogP contribution in [-0.2, 0) is 6.54 Å². The molecule has 1 N–H and O–H groups in total. The maximum Gasteiger partial charge on any atom is 0.323 e. The molecule has 0 bridgehead atoms. The number of hydrogen-bond donors (Lipinski definition) is 1. The average Bonchev–Trinajstić information content (AvgIpc) is 3.26. The number of nitrogens with one attached hydrogen (secondary N) is 1. The average molecular weight is 438 g/mol. The summed E-state index contributed by atoms with van der Waals surface area (Å²) < 4.78 is 7.93. The van der Waals surface area contributed by atoms with Gasteiger partial charge in [-0.1, -0.05) is 60.2 Å². The van der Waals surface area contributed by atoms with Gasteiger partial charge in [0.25, 0.3) is 0 Å². The number of carbonyl (C=O) groups is 1. The van der Waals surface area contributed by atoms with E-state index in [1.807, 2.05) is 54.3 Å². The van der Waals surface area contributed by atoms with Crippen molar-refractivity contribution in [2.45, 2.75) is 26.4 Å². The molecule has 0 aliphatic carbocycles. The second-order valence-corrected chi connectivity index (χ2v) is 8.23. The van der Waals surface area contributed by atoms with Crippen LogP contribution in [0.25, 0.3) is 5.69 Å². The van der Waals surface area contributed by atoms with Crippen molar-refractivity contribution in [3.8, 4) is 11.4 Å². The minimum atomic E-state index is -0.243. The molecule has 1 aromatic heterocycles. The molecule has 1 aliphatic heterocycles. The Bertz CT molecular complexity index is 1280. The van der Waals surface area contributed by atoms with E-state index in [9.17, 15) is 4.79 Å². The first-order valence-electron chi connectivity index (χ1n) is 11.3. The molecule has 0 radical (unpaired) electrons. The molecule has 1 aliphatic rings. The van der Waals surface area contributed by atoms with Crippen molar-refractivity contribution in [2.75, 3.05) is 11.9 Å². The number of rotatable bonds is 4. The monoisotopic (exact) mass is 437 g/mol. The van der Waals surface area contributed by atoms with E-state index >= 15 is 0 Å². The van der Waals surface area contributed by atoms with Crippen LogP contribution in [0.1, 0.15) is 35.3 Å². The molecule has 0 unspecified atom stereocenters. The van der Waals surface area contributed by atoms with Gasteiger partial charge in [-0.2, -0.15) is 0 Å². The molecule has 33 heavy (non-hydrogen) atoms. The van der Waals surface area contributed by atoms with Crippen LogP contribution in [0.4, 0.5) is 10.5 Å². The van der Waals surface area contributed by atoms with Crippen LogP contribution < -0.4 is 10.1 Å². The molecule has 1 atom stereocenters. The Morgan fingerprint density at radius 1 is 0.970 bits per heavy atom. The smallest absolute Gasteiger partial charge is 0.323 e. The lowest BCUT2D eigenvalue weighted by Gasteiger charge is -2.31. The van der Waals surface area contributed by atoms with Gasteiger partial charge in [0.05, 0.1) is 30.6 Å². The largest absolute Gasteiger partial charge is 0.492 e. The standard InChI is InChI=1S/C28H27N3O2/c1-3-33-26-13-7-5-10-23(26)29-28(32)31-19-22-9-4-6-11-24(22)30-18-8-12-25(30)27(31)21-16-14-20(2)15-17-21/h4-18,27H,3,19H2,1-2H3,(H,29,32)/t27-/m1/s1. The van der Waals surface area contributed by atoms with E-state index in [-0.39, 0.29) is 12.1 Å². The van der Waals surface area contributed by atoms with Crippen molar-refractivity contribution >= 4 is 11.7 Å². The summed E-state index contributed by atoms with van der Waals surface area (Å²) in [6.07, 6.45) is 2.07. The maximum atomic E-state index is 13.8. The highest BCUT2D eigenvalue weighted by Crippen LogP contribution is 2.37. The zero-order chi connectivity index (χ0) is 22.8. The Kier molecular flexibility index (Phi) is 5.61. The number of benzene rings is 3. The number of urea groups is 1. The first-order valence-corrected chi connectivity index (χ1v) is 11.3. The molecule has 3 aromatic carbocycles. The quantitative estimate of drug-likeness (QED) is 0.406. The predicted octanol–water partition coefficient (Wildman–Crippen LogP) is 6.32. The van der Waals surface area contributed by atoms with E-state index in [2.05, 4.69) is 65.5 Å². The number of carbonyl (C=O) groups excluding carboxylic acids is 1. The van der Waals surface area contributed by atoms with Crippen molar-refractivity contribution in [3.63, 3.8) is 0 Å². The fourth-order valence-electron chi connectivity index (χ4n) is 4.48. The number of aromatic nitrogens is 1. The Hall–Kier alpha value is -3.99. The summed E-state index contributed by atoms with van der Waals surface area (Å²) in [6.45, 7) is 5.03. The molecular formula is C28H27N3O2. The summed E-state index contributed by atoms with van der Waals surface area (Å²) in [5.41, 5.74) is 6.17. The third-order valence-corrected chi connectivity index (χ3v) is 6.05. The zero-order valence-corrected chi connectivity index (χ0v) is 18.9. The van der Waals surface area contributed by atoms with Crippen LogP contribution in [0.3, 0.4) is 0 Å². The van der Waals surface area contributed by atoms with Gasteiger partial charge in [0.2, 0.25) is 0 Å². The fourth-order valence-corrected chi connectivity index (χ4v) is 4.48. The fraction of sp³-hybridized carbons (Fsp3) is 0.179. The molecule has 0 spiro atoms. The number of amides is 2. The summed E-state index contributed by atoms with van der Waals surface area (Å²) in [6, 6.07) is 28.0. The number of anilines is 1. The van der Waals surface area contributed by atoms with Gasteiger partial charge in [-0.3, -0.25) is 0 Å². The summed E-state index contributed by atoms with van der Waals surface area (Å²) in [5, 5.41) is 3.11. The van der Waals surface area contributed by atoms with Crippen LogP contribution in [-0.4, -0.2) is 22.1 Å². The van der Waals surface area contributed by atoms with Crippen molar-refractivity contribution in [2.24, 2.45) is 0 Å². The SMILES string of the molecule is CCOc1ccccc1NC(=O)N1Cc2ccccc2-n2cccc2[C@H]1c1ccc(C)cc1. The van der Waals surface area contributed by atoms with Gasteiger partial charge >= 0.3 is 6.03 Å². The van der Waals surface area contributed by atoms with Gasteiger partial charge in [-0.05, 0) is 55.3 Å². The van der Waals surface area contributed by atoms with Gasteiger partial charge in [-0.15, -0.1) is 0 Å². The third-order valence-electron chi connectivity index (χ3n) is 6.05. The zero-order valence-electron chi connectivity index (χ0n) is 18.9. The number of aryl methyl sites for hydroxylation is 1. The Labute approximate surface area is 194 Å². The number of hydrogen-bond acceptors (Lipinski definition) is 2. The first-order chi connectivity index (χ1) is 16.2. The van der Waals surface area contributed by atoms with E-state index in [1.165, 1.54) is 5.56 Å². The lowest BCUT2D eigenvalue weighted by atomic mass is 10.0. The molecule has 5 heteroatoms. The van der Waals surface area contributed by atoms with E-state index in [0.29, 0.717) is 24.6 Å². The molecule has 2 heterocycles. The van der Waals surface area contributed by atoms with E-state index in [1.54, 1.807) is 0 Å². The highest BCUT2D eigenvalue weighted by molar-refractivity contribution is 5.91. The van der Waals surface area contributed by atoms with Crippen molar-refractivity contribution < 1.29 is 9.53 Å². The minimum Gasteiger partial charge on any atom is -0.492 e. The van der Waals surface area contributed by atoms with Crippen LogP contribution in [0, 0.1) is 6.92 Å². The molecule has 2 amide bonds. The van der Waals surface area contributed by atoms with Gasteiger partial charge in [0, 0.05) is 11.9 Å². The van der Waals surface area contributed by atoms with Gasteiger partial charge in [0.1, 0.15) is 5.75 Å². The molecular weight excluding hydrogens is 410 g/mol. The second-order valence-electron chi connectivity index (χ2n) is 8.23. The summed E-state index contributed by atoms with van der Waals surface area (Å²) in [5.74, 6) is 0.666. The lowest BCUT2D eigenvalue weighted by Crippen LogP contribution is -2.38. The highest BCUT2D eigenvalue weighted by Gasteiger charge is 2.33. The summed E-state index contributed by atoms with van der Waals surface area (Å²) in [4.78, 5) is 15.7. The van der Waals surface area contributed by atoms with Crippen LogP contribution in [0.2, 0.25) is 0 Å². The van der Waals surface area contributed by atoms with Crippen LogP contribution in [0.15, 0.2) is 91.1 Å². The highest BCUT2D eigenvalue weighted by atomic mass is 16.5. The van der Waals surface area contributed by atoms with Crippen LogP contribution in [0.5, 0.6) is 5.75 Å². The first kappa shape index (κ1) is 20.9. The summed E-state index contributed by atoms with van der Waals surface area (Å²) >= 11 is 0. The second kappa shape index (κ2) is 8.87. The van der Waals surface area contributed by atoms with Crippen molar-refractivity contribution in [3.05, 3.63) is 114 Å². The Balaban J connectivity index is 1.61. The molecule has 5 nitrogen and oxygen atoms in total. The molecule has 0 saturated heterocycles. The van der Waals surface area contributed by atoms with Gasteiger partial charge in [0.15, 0.2) is 0 Å². The number of nitrogens with zero attached hydrogens (tertiary/aromatic N) is 2. The Morgan fingerprint density at radius 2 is 1.73 bits per heavy atom.